The summed E-state index contributed by atoms with van der Waals surface area (Å²) in [5.41, 5.74) is 4.40. The van der Waals surface area contributed by atoms with Gasteiger partial charge in [-0.05, 0) is 43.5 Å². The first-order valence-electron chi connectivity index (χ1n) is 8.03. The number of nitrogens with one attached hydrogen (secondary N) is 2. The van der Waals surface area contributed by atoms with Gasteiger partial charge < -0.3 is 15.5 Å². The molecule has 0 atom stereocenters. The number of pyridine rings is 1. The van der Waals surface area contributed by atoms with Gasteiger partial charge in [-0.3, -0.25) is 4.98 Å². The maximum Gasteiger partial charge on any atom is 0.319 e. The molecule has 1 aliphatic heterocycles. The Labute approximate surface area is 136 Å². The zero-order valence-corrected chi connectivity index (χ0v) is 13.4. The molecule has 0 saturated heterocycles. The van der Waals surface area contributed by atoms with Gasteiger partial charge in [0.15, 0.2) is 0 Å². The molecule has 1 aromatic heterocycles. The molecular weight excluding hydrogens is 288 g/mol. The van der Waals surface area contributed by atoms with Crippen LogP contribution < -0.4 is 15.5 Å². The molecule has 0 saturated carbocycles. The second kappa shape index (κ2) is 7.13. The number of aryl methyl sites for hydroxylation is 1. The first kappa shape index (κ1) is 15.3. The summed E-state index contributed by atoms with van der Waals surface area (Å²) in [6.45, 7) is 4.61. The van der Waals surface area contributed by atoms with E-state index in [1.807, 2.05) is 19.1 Å². The number of para-hydroxylation sites is 1. The Kier molecular flexibility index (Phi) is 4.76. The zero-order valence-electron chi connectivity index (χ0n) is 13.4. The van der Waals surface area contributed by atoms with Crippen molar-refractivity contribution < 1.29 is 4.79 Å². The monoisotopic (exact) mass is 310 g/mol. The fourth-order valence-corrected chi connectivity index (χ4v) is 2.83. The van der Waals surface area contributed by atoms with Crippen LogP contribution in [0.3, 0.4) is 0 Å². The van der Waals surface area contributed by atoms with Crippen molar-refractivity contribution in [3.05, 3.63) is 53.9 Å². The number of anilines is 2. The number of carbonyl (C=O) groups is 1. The lowest BCUT2D eigenvalue weighted by Gasteiger charge is -2.19. The number of nitrogens with zero attached hydrogens (tertiary/aromatic N) is 2. The molecule has 0 radical (unpaired) electrons. The molecule has 23 heavy (non-hydrogen) atoms. The zero-order chi connectivity index (χ0) is 16.1. The van der Waals surface area contributed by atoms with Crippen LogP contribution in [0, 0.1) is 6.92 Å². The summed E-state index contributed by atoms with van der Waals surface area (Å²) >= 11 is 0. The average molecular weight is 310 g/mol. The van der Waals surface area contributed by atoms with E-state index >= 15 is 0 Å². The van der Waals surface area contributed by atoms with Crippen molar-refractivity contribution >= 4 is 17.4 Å². The van der Waals surface area contributed by atoms with E-state index in [4.69, 9.17) is 0 Å². The van der Waals surface area contributed by atoms with Crippen LogP contribution in [-0.4, -0.2) is 30.6 Å². The fourth-order valence-electron chi connectivity index (χ4n) is 2.83. The number of rotatable bonds is 5. The van der Waals surface area contributed by atoms with Crippen molar-refractivity contribution in [2.75, 3.05) is 29.9 Å². The van der Waals surface area contributed by atoms with E-state index in [1.54, 1.807) is 6.20 Å². The average Bonchev–Trinajstić information content (AvgIpc) is 2.97. The molecule has 3 rings (SSSR count). The first-order valence-corrected chi connectivity index (χ1v) is 8.03. The molecule has 1 aromatic carbocycles. The lowest BCUT2D eigenvalue weighted by atomic mass is 10.2. The Morgan fingerprint density at radius 2 is 2.13 bits per heavy atom. The molecule has 120 valence electrons. The van der Waals surface area contributed by atoms with Gasteiger partial charge in [0.25, 0.3) is 0 Å². The number of hydrogen-bond donors (Lipinski definition) is 2. The minimum absolute atomic E-state index is 0.183. The normalized spacial score (nSPS) is 12.8. The summed E-state index contributed by atoms with van der Waals surface area (Å²) in [6.07, 6.45) is 3.70. The Hall–Kier alpha value is -2.56. The maximum atomic E-state index is 11.8. The first-order chi connectivity index (χ1) is 11.2. The van der Waals surface area contributed by atoms with Crippen LogP contribution in [0.25, 0.3) is 0 Å². The van der Waals surface area contributed by atoms with Crippen LogP contribution >= 0.6 is 0 Å². The van der Waals surface area contributed by atoms with Gasteiger partial charge in [0.05, 0.1) is 11.9 Å². The highest BCUT2D eigenvalue weighted by Gasteiger charge is 2.17. The topological polar surface area (TPSA) is 57.3 Å². The third kappa shape index (κ3) is 4.00. The molecule has 0 spiro atoms. The lowest BCUT2D eigenvalue weighted by Crippen LogP contribution is -2.32. The van der Waals surface area contributed by atoms with Crippen molar-refractivity contribution in [1.82, 2.24) is 10.3 Å². The number of carbonyl (C=O) groups excluding carboxylic acids is 1. The van der Waals surface area contributed by atoms with Crippen LogP contribution in [0.15, 0.2) is 42.6 Å². The van der Waals surface area contributed by atoms with Crippen LogP contribution in [0.2, 0.25) is 0 Å². The molecule has 5 heteroatoms. The molecule has 5 nitrogen and oxygen atoms in total. The van der Waals surface area contributed by atoms with Gasteiger partial charge in [-0.15, -0.1) is 0 Å². The van der Waals surface area contributed by atoms with Gasteiger partial charge in [0.1, 0.15) is 0 Å². The number of fused-ring (bicyclic) bond motifs is 1. The van der Waals surface area contributed by atoms with Gasteiger partial charge in [-0.1, -0.05) is 18.2 Å². The van der Waals surface area contributed by atoms with E-state index in [9.17, 15) is 4.79 Å². The number of amides is 2. The summed E-state index contributed by atoms with van der Waals surface area (Å²) in [5.74, 6) is 0. The van der Waals surface area contributed by atoms with E-state index < -0.39 is 0 Å². The molecule has 0 aliphatic carbocycles. The van der Waals surface area contributed by atoms with Crippen molar-refractivity contribution in [2.24, 2.45) is 0 Å². The summed E-state index contributed by atoms with van der Waals surface area (Å²) in [4.78, 5) is 18.4. The molecule has 2 amide bonds. The molecule has 0 fully saturated rings. The minimum Gasteiger partial charge on any atom is -0.371 e. The van der Waals surface area contributed by atoms with Crippen LogP contribution in [-0.2, 0) is 6.42 Å². The molecule has 2 aromatic rings. The lowest BCUT2D eigenvalue weighted by molar-refractivity contribution is 0.252. The number of urea groups is 1. The number of hydrogen-bond acceptors (Lipinski definition) is 3. The highest BCUT2D eigenvalue weighted by Crippen LogP contribution is 2.27. The molecule has 0 unspecified atom stereocenters. The van der Waals surface area contributed by atoms with Gasteiger partial charge in [-0.25, -0.2) is 4.79 Å². The quantitative estimate of drug-likeness (QED) is 0.835. The van der Waals surface area contributed by atoms with Crippen LogP contribution in [0.1, 0.15) is 17.7 Å². The molecule has 2 heterocycles. The Morgan fingerprint density at radius 3 is 2.96 bits per heavy atom. The highest BCUT2D eigenvalue weighted by atomic mass is 16.2. The van der Waals surface area contributed by atoms with Crippen LogP contribution in [0.5, 0.6) is 0 Å². The van der Waals surface area contributed by atoms with E-state index in [0.717, 1.165) is 31.6 Å². The van der Waals surface area contributed by atoms with Gasteiger partial charge in [0.2, 0.25) is 0 Å². The third-order valence-corrected chi connectivity index (χ3v) is 4.04. The Morgan fingerprint density at radius 1 is 1.26 bits per heavy atom. The summed E-state index contributed by atoms with van der Waals surface area (Å²) in [5, 5.41) is 5.68. The van der Waals surface area contributed by atoms with Gasteiger partial charge >= 0.3 is 6.03 Å². The van der Waals surface area contributed by atoms with Crippen molar-refractivity contribution in [3.8, 4) is 0 Å². The SMILES string of the molecule is Cc1ccc(NC(=O)NCCCN2CCc3ccccc32)cn1. The van der Waals surface area contributed by atoms with Gasteiger partial charge in [0, 0.05) is 31.0 Å². The van der Waals surface area contributed by atoms with Gasteiger partial charge in [-0.2, -0.15) is 0 Å². The highest BCUT2D eigenvalue weighted by molar-refractivity contribution is 5.88. The largest absolute Gasteiger partial charge is 0.371 e. The van der Waals surface area contributed by atoms with Crippen LogP contribution in [0.4, 0.5) is 16.2 Å². The second-order valence-electron chi connectivity index (χ2n) is 5.79. The molecule has 2 N–H and O–H groups in total. The number of aromatic nitrogens is 1. The maximum absolute atomic E-state index is 11.8. The molecule has 1 aliphatic rings. The Bertz CT molecular complexity index is 669. The third-order valence-electron chi connectivity index (χ3n) is 4.04. The van der Waals surface area contributed by atoms with E-state index in [-0.39, 0.29) is 6.03 Å². The minimum atomic E-state index is -0.183. The smallest absolute Gasteiger partial charge is 0.319 e. The summed E-state index contributed by atoms with van der Waals surface area (Å²) in [6, 6.07) is 12.1. The van der Waals surface area contributed by atoms with Crippen molar-refractivity contribution in [2.45, 2.75) is 19.8 Å². The van der Waals surface area contributed by atoms with E-state index in [1.165, 1.54) is 11.3 Å². The standard InChI is InChI=1S/C18H22N4O/c1-14-7-8-16(13-20-14)21-18(23)19-10-4-11-22-12-9-15-5-2-3-6-17(15)22/h2-3,5-8,13H,4,9-12H2,1H3,(H2,19,21,23). The Balaban J connectivity index is 1.39. The molecular formula is C18H22N4O. The predicted molar refractivity (Wildman–Crippen MR) is 93.0 cm³/mol. The molecule has 0 bridgehead atoms. The predicted octanol–water partition coefficient (Wildman–Crippen LogP) is 2.96. The summed E-state index contributed by atoms with van der Waals surface area (Å²) < 4.78 is 0. The summed E-state index contributed by atoms with van der Waals surface area (Å²) in [7, 11) is 0. The van der Waals surface area contributed by atoms with E-state index in [0.29, 0.717) is 12.2 Å². The van der Waals surface area contributed by atoms with Crippen molar-refractivity contribution in [1.29, 1.82) is 0 Å². The fraction of sp³-hybridized carbons (Fsp3) is 0.333. The second-order valence-corrected chi connectivity index (χ2v) is 5.79. The number of benzene rings is 1. The van der Waals surface area contributed by atoms with Crippen molar-refractivity contribution in [3.63, 3.8) is 0 Å². The van der Waals surface area contributed by atoms with E-state index in [2.05, 4.69) is 44.8 Å².